The molecule has 0 N–H and O–H groups in total. The fraction of sp³-hybridized carbons (Fsp3) is 0.250. The first-order valence-electron chi connectivity index (χ1n) is 4.76. The monoisotopic (exact) mass is 182 g/mol. The summed E-state index contributed by atoms with van der Waals surface area (Å²) in [6.07, 6.45) is 11.6. The predicted molar refractivity (Wildman–Crippen MR) is 54.9 cm³/mol. The third kappa shape index (κ3) is 0.843. The Hall–Kier alpha value is -1.75. The maximum Gasteiger partial charge on any atom is 0.0709 e. The van der Waals surface area contributed by atoms with Gasteiger partial charge in [-0.2, -0.15) is 5.10 Å². The van der Waals surface area contributed by atoms with Crippen molar-refractivity contribution < 1.29 is 0 Å². The van der Waals surface area contributed by atoms with Gasteiger partial charge in [0.15, 0.2) is 0 Å². The molecule has 2 nitrogen and oxygen atoms in total. The van der Waals surface area contributed by atoms with Gasteiger partial charge in [-0.05, 0) is 25.0 Å². The van der Waals surface area contributed by atoms with E-state index in [1.54, 1.807) is 0 Å². The zero-order chi connectivity index (χ0) is 9.60. The highest BCUT2D eigenvalue weighted by molar-refractivity contribution is 5.61. The van der Waals surface area contributed by atoms with E-state index in [1.807, 2.05) is 29.0 Å². The van der Waals surface area contributed by atoms with Gasteiger partial charge in [-0.3, -0.25) is 0 Å². The van der Waals surface area contributed by atoms with Crippen molar-refractivity contribution in [2.24, 2.45) is 0 Å². The van der Waals surface area contributed by atoms with Crippen LogP contribution in [0.5, 0.6) is 0 Å². The van der Waals surface area contributed by atoms with E-state index in [0.29, 0.717) is 0 Å². The third-order valence-corrected chi connectivity index (χ3v) is 2.97. The van der Waals surface area contributed by atoms with Crippen molar-refractivity contribution in [3.05, 3.63) is 36.2 Å². The van der Waals surface area contributed by atoms with Crippen LogP contribution < -0.4 is 0 Å². The van der Waals surface area contributed by atoms with Gasteiger partial charge in [0.2, 0.25) is 0 Å². The molecule has 2 aromatic heterocycles. The van der Waals surface area contributed by atoms with Crippen molar-refractivity contribution in [1.82, 2.24) is 9.61 Å². The fourth-order valence-electron chi connectivity index (χ4n) is 1.92. The first-order valence-corrected chi connectivity index (χ1v) is 4.76. The second-order valence-electron chi connectivity index (χ2n) is 3.82. The smallest absolute Gasteiger partial charge is 0.0709 e. The van der Waals surface area contributed by atoms with E-state index >= 15 is 0 Å². The molecule has 3 rings (SSSR count). The molecule has 2 heterocycles. The van der Waals surface area contributed by atoms with E-state index in [9.17, 15) is 0 Å². The maximum absolute atomic E-state index is 5.56. The highest BCUT2D eigenvalue weighted by Gasteiger charge is 2.44. The lowest BCUT2D eigenvalue weighted by molar-refractivity contribution is 0.942. The van der Waals surface area contributed by atoms with Gasteiger partial charge in [0.05, 0.1) is 17.1 Å². The number of terminal acetylenes is 1. The zero-order valence-electron chi connectivity index (χ0n) is 7.77. The summed E-state index contributed by atoms with van der Waals surface area (Å²) in [6, 6.07) is 6.06. The lowest BCUT2D eigenvalue weighted by Crippen LogP contribution is -2.01. The molecule has 2 heteroatoms. The van der Waals surface area contributed by atoms with Crippen LogP contribution in [0.4, 0.5) is 0 Å². The number of nitrogens with zero attached hydrogens (tertiary/aromatic N) is 2. The molecule has 68 valence electrons. The summed E-state index contributed by atoms with van der Waals surface area (Å²) in [4.78, 5) is 0. The van der Waals surface area contributed by atoms with E-state index < -0.39 is 0 Å². The number of hydrogen-bond donors (Lipinski definition) is 0. The topological polar surface area (TPSA) is 17.3 Å². The average Bonchev–Trinajstić information content (AvgIpc) is 2.91. The van der Waals surface area contributed by atoms with Crippen LogP contribution in [0.15, 0.2) is 30.6 Å². The number of pyridine rings is 1. The molecule has 0 radical (unpaired) electrons. The van der Waals surface area contributed by atoms with Crippen LogP contribution in [0, 0.1) is 12.3 Å². The van der Waals surface area contributed by atoms with Crippen molar-refractivity contribution in [1.29, 1.82) is 0 Å². The van der Waals surface area contributed by atoms with Gasteiger partial charge in [0, 0.05) is 11.8 Å². The quantitative estimate of drug-likeness (QED) is 0.616. The molecule has 0 aliphatic heterocycles. The maximum atomic E-state index is 5.56. The number of aromatic nitrogens is 2. The Labute approximate surface area is 82.6 Å². The Morgan fingerprint density at radius 3 is 3.00 bits per heavy atom. The molecule has 14 heavy (non-hydrogen) atoms. The van der Waals surface area contributed by atoms with E-state index in [1.165, 1.54) is 5.56 Å². The van der Waals surface area contributed by atoms with Crippen molar-refractivity contribution in [2.75, 3.05) is 0 Å². The van der Waals surface area contributed by atoms with Crippen molar-refractivity contribution in [2.45, 2.75) is 18.3 Å². The minimum absolute atomic E-state index is 0.0108. The Morgan fingerprint density at radius 2 is 2.29 bits per heavy atom. The Kier molecular flexibility index (Phi) is 1.30. The molecule has 0 aromatic carbocycles. The lowest BCUT2D eigenvalue weighted by Gasteiger charge is -2.04. The van der Waals surface area contributed by atoms with Crippen molar-refractivity contribution >= 4 is 5.52 Å². The van der Waals surface area contributed by atoms with Crippen molar-refractivity contribution in [3.8, 4) is 12.3 Å². The van der Waals surface area contributed by atoms with Gasteiger partial charge < -0.3 is 0 Å². The largest absolute Gasteiger partial charge is 0.241 e. The Morgan fingerprint density at radius 1 is 1.43 bits per heavy atom. The van der Waals surface area contributed by atoms with Crippen LogP contribution in [0.2, 0.25) is 0 Å². The first-order chi connectivity index (χ1) is 6.86. The van der Waals surface area contributed by atoms with Crippen LogP contribution in [0.25, 0.3) is 5.52 Å². The predicted octanol–water partition coefficient (Wildman–Crippen LogP) is 2.00. The summed E-state index contributed by atoms with van der Waals surface area (Å²) in [5.41, 5.74) is 2.34. The molecule has 1 aliphatic rings. The van der Waals surface area contributed by atoms with Gasteiger partial charge in [-0.1, -0.05) is 12.0 Å². The van der Waals surface area contributed by atoms with Crippen LogP contribution in [-0.2, 0) is 5.41 Å². The molecule has 0 spiro atoms. The molecule has 1 fully saturated rings. The van der Waals surface area contributed by atoms with Gasteiger partial charge >= 0.3 is 0 Å². The normalized spacial score (nSPS) is 17.9. The number of hydrogen-bond acceptors (Lipinski definition) is 1. The molecular formula is C12H10N2. The van der Waals surface area contributed by atoms with E-state index in [-0.39, 0.29) is 5.41 Å². The highest BCUT2D eigenvalue weighted by Crippen LogP contribution is 2.48. The fourth-order valence-corrected chi connectivity index (χ4v) is 1.92. The van der Waals surface area contributed by atoms with E-state index in [4.69, 9.17) is 6.42 Å². The summed E-state index contributed by atoms with van der Waals surface area (Å²) >= 11 is 0. The molecule has 1 saturated carbocycles. The molecule has 0 amide bonds. The SMILES string of the molecule is C#CC1(c2cnn3ccccc23)CC1. The van der Waals surface area contributed by atoms with Gasteiger partial charge in [-0.25, -0.2) is 4.52 Å². The molecule has 0 bridgehead atoms. The summed E-state index contributed by atoms with van der Waals surface area (Å²) < 4.78 is 1.88. The lowest BCUT2D eigenvalue weighted by atomic mass is 9.99. The van der Waals surface area contributed by atoms with Crippen LogP contribution >= 0.6 is 0 Å². The van der Waals surface area contributed by atoms with E-state index in [2.05, 4.69) is 17.1 Å². The first kappa shape index (κ1) is 7.64. The van der Waals surface area contributed by atoms with Gasteiger partial charge in [-0.15, -0.1) is 6.42 Å². The van der Waals surface area contributed by atoms with Crippen molar-refractivity contribution in [3.63, 3.8) is 0 Å². The Balaban J connectivity index is 2.29. The molecule has 0 saturated heterocycles. The molecular weight excluding hydrogens is 172 g/mol. The minimum Gasteiger partial charge on any atom is -0.241 e. The van der Waals surface area contributed by atoms with Crippen LogP contribution in [-0.4, -0.2) is 9.61 Å². The third-order valence-electron chi connectivity index (χ3n) is 2.97. The van der Waals surface area contributed by atoms with Gasteiger partial charge in [0.25, 0.3) is 0 Å². The standard InChI is InChI=1S/C12H10N2/c1-2-12(6-7-12)10-9-13-14-8-4-3-5-11(10)14/h1,3-5,8-9H,6-7H2. The minimum atomic E-state index is -0.0108. The summed E-state index contributed by atoms with van der Waals surface area (Å²) in [6.45, 7) is 0. The van der Waals surface area contributed by atoms with E-state index in [0.717, 1.165) is 18.4 Å². The molecule has 0 unspecified atom stereocenters. The van der Waals surface area contributed by atoms with Crippen LogP contribution in [0.1, 0.15) is 18.4 Å². The van der Waals surface area contributed by atoms with Crippen LogP contribution in [0.3, 0.4) is 0 Å². The molecule has 1 aliphatic carbocycles. The molecule has 0 atom stereocenters. The van der Waals surface area contributed by atoms with Gasteiger partial charge in [0.1, 0.15) is 0 Å². The number of rotatable bonds is 1. The summed E-state index contributed by atoms with van der Waals surface area (Å²) in [5, 5.41) is 4.29. The molecule has 2 aromatic rings. The second-order valence-corrected chi connectivity index (χ2v) is 3.82. The summed E-state index contributed by atoms with van der Waals surface area (Å²) in [5.74, 6) is 2.89. The second kappa shape index (κ2) is 2.39. The number of fused-ring (bicyclic) bond motifs is 1. The highest BCUT2D eigenvalue weighted by atomic mass is 15.2. The summed E-state index contributed by atoms with van der Waals surface area (Å²) in [7, 11) is 0. The Bertz CT molecular complexity index is 526. The average molecular weight is 182 g/mol. The zero-order valence-corrected chi connectivity index (χ0v) is 7.77.